The van der Waals surface area contributed by atoms with Crippen LogP contribution in [-0.2, 0) is 35.1 Å². The average molecular weight is 434 g/mol. The third-order valence-electron chi connectivity index (χ3n) is 4.47. The minimum Gasteiger partial charge on any atom is -0.482 e. The van der Waals surface area contributed by atoms with E-state index in [1.165, 1.54) is 29.8 Å². The van der Waals surface area contributed by atoms with E-state index in [4.69, 9.17) is 9.47 Å². The lowest BCUT2D eigenvalue weighted by Gasteiger charge is -2.18. The van der Waals surface area contributed by atoms with Gasteiger partial charge in [0, 0.05) is 18.7 Å². The molecule has 30 heavy (non-hydrogen) atoms. The van der Waals surface area contributed by atoms with Crippen LogP contribution < -0.4 is 10.1 Å². The number of rotatable bonds is 8. The van der Waals surface area contributed by atoms with Crippen LogP contribution in [0.25, 0.3) is 0 Å². The van der Waals surface area contributed by atoms with Crippen molar-refractivity contribution in [1.29, 1.82) is 0 Å². The van der Waals surface area contributed by atoms with Crippen molar-refractivity contribution in [3.8, 4) is 5.75 Å². The number of nitrogens with one attached hydrogen (secondary N) is 1. The Morgan fingerprint density at radius 3 is 2.90 bits per heavy atom. The zero-order valence-electron chi connectivity index (χ0n) is 16.5. The van der Waals surface area contributed by atoms with Crippen LogP contribution in [0.15, 0.2) is 29.3 Å². The van der Waals surface area contributed by atoms with Crippen LogP contribution in [0.5, 0.6) is 5.75 Å². The summed E-state index contributed by atoms with van der Waals surface area (Å²) in [4.78, 5) is 48.1. The highest BCUT2D eigenvalue weighted by Gasteiger charge is 2.27. The van der Waals surface area contributed by atoms with E-state index in [2.05, 4.69) is 10.1 Å². The quantitative estimate of drug-likeness (QED) is 0.372. The summed E-state index contributed by atoms with van der Waals surface area (Å²) in [6.07, 6.45) is 2.75. The monoisotopic (exact) mass is 434 g/mol. The standard InChI is InChI=1S/C20H22N2O7S/c1-27-19(25)10-18-22(17(24)12-30-18)7-2-8-28-20(26)11-29-14-4-5-15-13(9-14)3-6-16(23)21-15/h4-5,9-10H,2-3,6-8,11-12H2,1H3,(H,21,23)/b18-10+. The van der Waals surface area contributed by atoms with Crippen molar-refractivity contribution in [2.75, 3.05) is 37.9 Å². The molecule has 2 heterocycles. The fourth-order valence-corrected chi connectivity index (χ4v) is 3.93. The first-order chi connectivity index (χ1) is 14.5. The van der Waals surface area contributed by atoms with Gasteiger partial charge >= 0.3 is 11.9 Å². The van der Waals surface area contributed by atoms with E-state index >= 15 is 0 Å². The lowest BCUT2D eigenvalue weighted by Crippen LogP contribution is -2.27. The van der Waals surface area contributed by atoms with Crippen LogP contribution >= 0.6 is 11.8 Å². The van der Waals surface area contributed by atoms with Crippen molar-refractivity contribution >= 4 is 41.2 Å². The van der Waals surface area contributed by atoms with Crippen molar-refractivity contribution < 1.29 is 33.4 Å². The Kier molecular flexibility index (Phi) is 7.34. The summed E-state index contributed by atoms with van der Waals surface area (Å²) >= 11 is 1.27. The average Bonchev–Trinajstić information content (AvgIpc) is 3.08. The summed E-state index contributed by atoms with van der Waals surface area (Å²) in [5.74, 6) is -0.366. The van der Waals surface area contributed by atoms with Crippen LogP contribution in [0.2, 0.25) is 0 Å². The number of hydrogen-bond donors (Lipinski definition) is 1. The number of carbonyl (C=O) groups excluding carboxylic acids is 4. The molecule has 1 fully saturated rings. The molecule has 160 valence electrons. The molecule has 3 rings (SSSR count). The summed E-state index contributed by atoms with van der Waals surface area (Å²) in [5, 5.41) is 3.32. The van der Waals surface area contributed by atoms with Gasteiger partial charge in [0.25, 0.3) is 0 Å². The fourth-order valence-electron chi connectivity index (χ4n) is 2.97. The molecule has 0 unspecified atom stereocenters. The molecule has 0 radical (unpaired) electrons. The molecule has 1 aromatic rings. The third kappa shape index (κ3) is 5.76. The second kappa shape index (κ2) is 10.1. The Hall–Kier alpha value is -3.01. The molecule has 0 aliphatic carbocycles. The summed E-state index contributed by atoms with van der Waals surface area (Å²) in [7, 11) is 1.27. The maximum atomic E-state index is 11.9. The van der Waals surface area contributed by atoms with Crippen LogP contribution in [0.4, 0.5) is 5.69 Å². The number of amides is 2. The number of aryl methyl sites for hydroxylation is 1. The second-order valence-corrected chi connectivity index (χ2v) is 7.57. The molecule has 1 saturated heterocycles. The van der Waals surface area contributed by atoms with Crippen LogP contribution in [0.3, 0.4) is 0 Å². The van der Waals surface area contributed by atoms with Crippen LogP contribution in [0.1, 0.15) is 18.4 Å². The molecule has 0 aromatic heterocycles. The number of anilines is 1. The first kappa shape index (κ1) is 21.7. The van der Waals surface area contributed by atoms with E-state index in [9.17, 15) is 19.2 Å². The molecular formula is C20H22N2O7S. The van der Waals surface area contributed by atoms with Crippen molar-refractivity contribution in [3.05, 3.63) is 34.9 Å². The van der Waals surface area contributed by atoms with Gasteiger partial charge in [0.2, 0.25) is 11.8 Å². The summed E-state index contributed by atoms with van der Waals surface area (Å²) in [6, 6.07) is 5.23. The smallest absolute Gasteiger partial charge is 0.344 e. The molecule has 1 N–H and O–H groups in total. The molecule has 0 atom stereocenters. The van der Waals surface area contributed by atoms with E-state index in [1.54, 1.807) is 18.2 Å². The van der Waals surface area contributed by atoms with E-state index < -0.39 is 11.9 Å². The Morgan fingerprint density at radius 2 is 2.10 bits per heavy atom. The molecule has 0 spiro atoms. The number of fused-ring (bicyclic) bond motifs is 1. The maximum absolute atomic E-state index is 11.9. The minimum absolute atomic E-state index is 0.0122. The molecule has 0 bridgehead atoms. The predicted molar refractivity (Wildman–Crippen MR) is 109 cm³/mol. The Labute approximate surface area is 177 Å². The van der Waals surface area contributed by atoms with E-state index in [0.717, 1.165) is 11.3 Å². The van der Waals surface area contributed by atoms with Gasteiger partial charge in [0.05, 0.1) is 30.6 Å². The van der Waals surface area contributed by atoms with Gasteiger partial charge in [-0.1, -0.05) is 11.8 Å². The summed E-state index contributed by atoms with van der Waals surface area (Å²) < 4.78 is 15.2. The number of thioether (sulfide) groups is 1. The van der Waals surface area contributed by atoms with Crippen LogP contribution in [-0.4, -0.2) is 61.3 Å². The van der Waals surface area contributed by atoms with Crippen molar-refractivity contribution in [2.24, 2.45) is 0 Å². The molecular weight excluding hydrogens is 412 g/mol. The number of carbonyl (C=O) groups is 4. The molecule has 10 heteroatoms. The summed E-state index contributed by atoms with van der Waals surface area (Å²) in [6.45, 7) is 0.217. The highest BCUT2D eigenvalue weighted by atomic mass is 32.2. The maximum Gasteiger partial charge on any atom is 0.344 e. The number of nitrogens with zero attached hydrogens (tertiary/aromatic N) is 1. The minimum atomic E-state index is -0.523. The Morgan fingerprint density at radius 1 is 1.27 bits per heavy atom. The summed E-state index contributed by atoms with van der Waals surface area (Å²) in [5.41, 5.74) is 1.72. The number of ether oxygens (including phenoxy) is 3. The van der Waals surface area contributed by atoms with Crippen molar-refractivity contribution in [2.45, 2.75) is 19.3 Å². The first-order valence-corrected chi connectivity index (χ1v) is 10.4. The molecule has 1 aromatic carbocycles. The van der Waals surface area contributed by atoms with Gasteiger partial charge < -0.3 is 24.4 Å². The number of benzene rings is 1. The van der Waals surface area contributed by atoms with Gasteiger partial charge in [-0.05, 0) is 36.6 Å². The van der Waals surface area contributed by atoms with Crippen molar-refractivity contribution in [3.63, 3.8) is 0 Å². The first-order valence-electron chi connectivity index (χ1n) is 9.40. The van der Waals surface area contributed by atoms with Gasteiger partial charge in [-0.3, -0.25) is 9.59 Å². The van der Waals surface area contributed by atoms with Gasteiger partial charge in [-0.15, -0.1) is 0 Å². The molecule has 2 amide bonds. The SMILES string of the molecule is COC(=O)/C=C1/SCC(=O)N1CCCOC(=O)COc1ccc2c(c1)CCC(=O)N2. The van der Waals surface area contributed by atoms with E-state index in [0.29, 0.717) is 36.6 Å². The number of esters is 2. The second-order valence-electron chi connectivity index (χ2n) is 6.57. The zero-order valence-corrected chi connectivity index (χ0v) is 17.3. The van der Waals surface area contributed by atoms with E-state index in [1.807, 2.05) is 0 Å². The topological polar surface area (TPSA) is 111 Å². The van der Waals surface area contributed by atoms with Crippen LogP contribution in [0, 0.1) is 0 Å². The Balaban J connectivity index is 1.39. The van der Waals surface area contributed by atoms with Crippen molar-refractivity contribution in [1.82, 2.24) is 4.90 Å². The molecule has 2 aliphatic heterocycles. The largest absolute Gasteiger partial charge is 0.482 e. The highest BCUT2D eigenvalue weighted by molar-refractivity contribution is 8.04. The molecule has 0 saturated carbocycles. The predicted octanol–water partition coefficient (Wildman–Crippen LogP) is 1.47. The lowest BCUT2D eigenvalue weighted by atomic mass is 10.0. The highest BCUT2D eigenvalue weighted by Crippen LogP contribution is 2.29. The van der Waals surface area contributed by atoms with Gasteiger partial charge in [-0.2, -0.15) is 0 Å². The zero-order chi connectivity index (χ0) is 21.5. The normalized spacial score (nSPS) is 16.8. The molecule has 2 aliphatic rings. The number of methoxy groups -OCH3 is 1. The van der Waals surface area contributed by atoms with Gasteiger partial charge in [0.15, 0.2) is 6.61 Å². The lowest BCUT2D eigenvalue weighted by molar-refractivity contribution is -0.146. The third-order valence-corrected chi connectivity index (χ3v) is 5.50. The Bertz CT molecular complexity index is 884. The van der Waals surface area contributed by atoms with Gasteiger partial charge in [0.1, 0.15) is 5.75 Å². The number of hydrogen-bond acceptors (Lipinski definition) is 8. The molecule has 9 nitrogen and oxygen atoms in total. The fraction of sp³-hybridized carbons (Fsp3) is 0.400. The van der Waals surface area contributed by atoms with Gasteiger partial charge in [-0.25, -0.2) is 9.59 Å². The van der Waals surface area contributed by atoms with E-state index in [-0.39, 0.29) is 30.8 Å².